The Hall–Kier alpha value is -2.04. The molecule has 0 saturated carbocycles. The van der Waals surface area contributed by atoms with Crippen LogP contribution in [0.2, 0.25) is 0 Å². The van der Waals surface area contributed by atoms with Gasteiger partial charge in [0.15, 0.2) is 0 Å². The molecular weight excluding hydrogens is 220 g/mol. The van der Waals surface area contributed by atoms with Gasteiger partial charge in [0.2, 0.25) is 0 Å². The Bertz CT molecular complexity index is 637. The number of hydrogen-bond donors (Lipinski definition) is 1. The van der Waals surface area contributed by atoms with Gasteiger partial charge in [0.1, 0.15) is 0 Å². The maximum Gasteiger partial charge on any atom is 0.307 e. The number of carboxylic acids is 1. The van der Waals surface area contributed by atoms with Crippen molar-refractivity contribution in [3.63, 3.8) is 0 Å². The van der Waals surface area contributed by atoms with Crippen LogP contribution in [0.3, 0.4) is 0 Å². The third kappa shape index (κ3) is 1.84. The summed E-state index contributed by atoms with van der Waals surface area (Å²) in [4.78, 5) is 22.6. The monoisotopic (exact) mass is 234 g/mol. The fraction of sp³-hybridized carbons (Fsp3) is 0.333. The van der Waals surface area contributed by atoms with E-state index in [4.69, 9.17) is 5.11 Å². The minimum absolute atomic E-state index is 0.0591. The molecule has 0 atom stereocenters. The molecule has 0 spiro atoms. The van der Waals surface area contributed by atoms with Gasteiger partial charge in [0, 0.05) is 13.6 Å². The third-order valence-electron chi connectivity index (χ3n) is 2.89. The molecule has 0 bridgehead atoms. The van der Waals surface area contributed by atoms with E-state index in [1.165, 1.54) is 0 Å². The minimum atomic E-state index is -0.893. The van der Waals surface area contributed by atoms with E-state index in [2.05, 4.69) is 0 Å². The fourth-order valence-corrected chi connectivity index (χ4v) is 2.08. The van der Waals surface area contributed by atoms with Crippen LogP contribution in [-0.2, 0) is 24.8 Å². The molecule has 5 nitrogen and oxygen atoms in total. The summed E-state index contributed by atoms with van der Waals surface area (Å²) >= 11 is 0. The van der Waals surface area contributed by atoms with Crippen LogP contribution in [0.4, 0.5) is 0 Å². The van der Waals surface area contributed by atoms with Crippen LogP contribution in [0, 0.1) is 0 Å². The molecule has 0 aliphatic heterocycles. The molecule has 0 fully saturated rings. The number of fused-ring (bicyclic) bond motifs is 1. The van der Waals surface area contributed by atoms with Gasteiger partial charge in [-0.05, 0) is 24.6 Å². The van der Waals surface area contributed by atoms with Crippen LogP contribution < -0.4 is 5.56 Å². The van der Waals surface area contributed by atoms with E-state index in [1.807, 2.05) is 14.0 Å². The average Bonchev–Trinajstić information content (AvgIpc) is 2.50. The summed E-state index contributed by atoms with van der Waals surface area (Å²) in [6.45, 7) is 2.50. The van der Waals surface area contributed by atoms with E-state index in [0.29, 0.717) is 17.5 Å². The molecule has 0 aliphatic rings. The molecule has 2 aromatic rings. The lowest BCUT2D eigenvalue weighted by molar-refractivity contribution is -0.136. The van der Waals surface area contributed by atoms with Crippen LogP contribution in [0.5, 0.6) is 0 Å². The highest BCUT2D eigenvalue weighted by atomic mass is 16.4. The van der Waals surface area contributed by atoms with E-state index in [1.54, 1.807) is 27.6 Å². The Kier molecular flexibility index (Phi) is 2.75. The van der Waals surface area contributed by atoms with Crippen molar-refractivity contribution in [2.45, 2.75) is 19.9 Å². The normalized spacial score (nSPS) is 10.9. The predicted molar refractivity (Wildman–Crippen MR) is 64.2 cm³/mol. The number of carboxylic acid groups (broad SMARTS) is 1. The molecule has 1 aromatic carbocycles. The minimum Gasteiger partial charge on any atom is -0.481 e. The molecular formula is C12H14N2O3. The molecule has 1 N–H and O–H groups in total. The van der Waals surface area contributed by atoms with Crippen molar-refractivity contribution >= 4 is 16.9 Å². The van der Waals surface area contributed by atoms with E-state index in [9.17, 15) is 9.59 Å². The Labute approximate surface area is 97.9 Å². The molecule has 5 heteroatoms. The summed E-state index contributed by atoms with van der Waals surface area (Å²) in [5.41, 5.74) is 1.40. The van der Waals surface area contributed by atoms with Crippen molar-refractivity contribution in [3.05, 3.63) is 34.1 Å². The fourth-order valence-electron chi connectivity index (χ4n) is 2.08. The first-order valence-corrected chi connectivity index (χ1v) is 5.44. The smallest absolute Gasteiger partial charge is 0.307 e. The van der Waals surface area contributed by atoms with Crippen LogP contribution in [0.15, 0.2) is 23.0 Å². The van der Waals surface area contributed by atoms with E-state index < -0.39 is 5.97 Å². The van der Waals surface area contributed by atoms with Crippen LogP contribution in [0.25, 0.3) is 10.9 Å². The topological polar surface area (TPSA) is 64.2 Å². The van der Waals surface area contributed by atoms with Crippen molar-refractivity contribution < 1.29 is 9.90 Å². The Balaban J connectivity index is 2.66. The summed E-state index contributed by atoms with van der Waals surface area (Å²) in [7, 11) is 1.82. The van der Waals surface area contributed by atoms with Crippen LogP contribution >= 0.6 is 0 Å². The quantitative estimate of drug-likeness (QED) is 0.861. The summed E-state index contributed by atoms with van der Waals surface area (Å²) in [6, 6.07) is 5.20. The zero-order chi connectivity index (χ0) is 12.6. The average molecular weight is 234 g/mol. The van der Waals surface area contributed by atoms with Gasteiger partial charge in [-0.25, -0.2) is 0 Å². The zero-order valence-corrected chi connectivity index (χ0v) is 9.80. The van der Waals surface area contributed by atoms with E-state index in [0.717, 1.165) is 5.52 Å². The number of aliphatic carboxylic acids is 1. The first-order valence-electron chi connectivity index (χ1n) is 5.44. The molecule has 1 heterocycles. The van der Waals surface area contributed by atoms with Crippen molar-refractivity contribution in [3.8, 4) is 0 Å². The highest BCUT2D eigenvalue weighted by molar-refractivity contribution is 5.81. The number of aromatic nitrogens is 2. The van der Waals surface area contributed by atoms with Crippen molar-refractivity contribution in [1.29, 1.82) is 0 Å². The zero-order valence-electron chi connectivity index (χ0n) is 9.80. The lowest BCUT2D eigenvalue weighted by atomic mass is 10.1. The number of benzene rings is 1. The number of nitrogens with zero attached hydrogens (tertiary/aromatic N) is 2. The predicted octanol–water partition coefficient (Wildman–Crippen LogP) is 0.987. The standard InChI is InChI=1S/C12H14N2O3/c1-3-14-12(17)9-6-8(7-11(15)16)4-5-10(9)13(14)2/h4-6H,3,7H2,1-2H3,(H,15,16). The molecule has 0 radical (unpaired) electrons. The van der Waals surface area contributed by atoms with Gasteiger partial charge in [-0.2, -0.15) is 0 Å². The van der Waals surface area contributed by atoms with Crippen molar-refractivity contribution in [2.24, 2.45) is 7.05 Å². The summed E-state index contributed by atoms with van der Waals surface area (Å²) < 4.78 is 3.41. The number of carbonyl (C=O) groups is 1. The first-order chi connectivity index (χ1) is 8.04. The second-order valence-electron chi connectivity index (χ2n) is 3.97. The summed E-state index contributed by atoms with van der Waals surface area (Å²) in [6.07, 6.45) is -0.0591. The van der Waals surface area contributed by atoms with Crippen LogP contribution in [0.1, 0.15) is 12.5 Å². The molecule has 1 aromatic heterocycles. The lowest BCUT2D eigenvalue weighted by Gasteiger charge is -2.03. The van der Waals surface area contributed by atoms with Gasteiger partial charge in [-0.3, -0.25) is 19.0 Å². The summed E-state index contributed by atoms with van der Waals surface area (Å²) in [5, 5.41) is 9.30. The summed E-state index contributed by atoms with van der Waals surface area (Å²) in [5.74, 6) is -0.893. The number of aryl methyl sites for hydroxylation is 1. The molecule has 17 heavy (non-hydrogen) atoms. The molecule has 0 unspecified atom stereocenters. The largest absolute Gasteiger partial charge is 0.481 e. The van der Waals surface area contributed by atoms with Crippen molar-refractivity contribution in [2.75, 3.05) is 0 Å². The molecule has 0 saturated heterocycles. The number of rotatable bonds is 3. The second-order valence-corrected chi connectivity index (χ2v) is 3.97. The lowest BCUT2D eigenvalue weighted by Crippen LogP contribution is -2.19. The maximum atomic E-state index is 12.0. The first kappa shape index (κ1) is 11.4. The molecule has 90 valence electrons. The highest BCUT2D eigenvalue weighted by Gasteiger charge is 2.10. The second kappa shape index (κ2) is 4.08. The third-order valence-corrected chi connectivity index (χ3v) is 2.89. The van der Waals surface area contributed by atoms with Gasteiger partial charge in [0.25, 0.3) is 5.56 Å². The van der Waals surface area contributed by atoms with Gasteiger partial charge in [-0.15, -0.1) is 0 Å². The van der Waals surface area contributed by atoms with Gasteiger partial charge < -0.3 is 5.11 Å². The van der Waals surface area contributed by atoms with Gasteiger partial charge >= 0.3 is 5.97 Å². The van der Waals surface area contributed by atoms with E-state index in [-0.39, 0.29) is 12.0 Å². The Morgan fingerprint density at radius 1 is 1.41 bits per heavy atom. The van der Waals surface area contributed by atoms with E-state index >= 15 is 0 Å². The highest BCUT2D eigenvalue weighted by Crippen LogP contribution is 2.13. The molecule has 0 aliphatic carbocycles. The number of hydrogen-bond acceptors (Lipinski definition) is 2. The van der Waals surface area contributed by atoms with Crippen LogP contribution in [-0.4, -0.2) is 20.4 Å². The molecule has 2 rings (SSSR count). The Morgan fingerprint density at radius 2 is 2.12 bits per heavy atom. The Morgan fingerprint density at radius 3 is 2.71 bits per heavy atom. The van der Waals surface area contributed by atoms with Crippen molar-refractivity contribution in [1.82, 2.24) is 9.36 Å². The van der Waals surface area contributed by atoms with Gasteiger partial charge in [-0.1, -0.05) is 6.07 Å². The van der Waals surface area contributed by atoms with Gasteiger partial charge in [0.05, 0.1) is 17.3 Å². The molecule has 0 amide bonds. The maximum absolute atomic E-state index is 12.0. The SMILES string of the molecule is CCn1c(=O)c2cc(CC(=O)O)ccc2n1C.